The molecule has 8 nitrogen and oxygen atoms in total. The Morgan fingerprint density at radius 1 is 1.05 bits per heavy atom. The van der Waals surface area contributed by atoms with E-state index in [9.17, 15) is 9.59 Å². The van der Waals surface area contributed by atoms with Crippen molar-refractivity contribution in [1.82, 2.24) is 14.9 Å². The highest BCUT2D eigenvalue weighted by Crippen LogP contribution is 2.42. The number of methoxy groups -OCH3 is 1. The van der Waals surface area contributed by atoms with Crippen LogP contribution in [0.5, 0.6) is 11.6 Å². The smallest absolute Gasteiger partial charge is 0.328 e. The third-order valence-corrected chi connectivity index (χ3v) is 7.95. The van der Waals surface area contributed by atoms with Crippen LogP contribution in [0.2, 0.25) is 10.0 Å². The molecule has 216 valence electrons. The SMILES string of the molecule is COc1nc(-c2cccc(-c3cccc(Nc4nccc(OC(=O)C5CCCCN5C)c4F)c3Cl)c2Cl)ccc1C=O. The second-order valence-electron chi connectivity index (χ2n) is 9.76. The van der Waals surface area contributed by atoms with Crippen LogP contribution in [0.4, 0.5) is 15.9 Å². The zero-order chi connectivity index (χ0) is 29.8. The Hall–Kier alpha value is -4.05. The van der Waals surface area contributed by atoms with Crippen LogP contribution in [0.3, 0.4) is 0 Å². The van der Waals surface area contributed by atoms with Gasteiger partial charge in [0, 0.05) is 29.0 Å². The highest BCUT2D eigenvalue weighted by molar-refractivity contribution is 6.39. The molecule has 0 bridgehead atoms. The number of aromatic nitrogens is 2. The van der Waals surface area contributed by atoms with Crippen molar-refractivity contribution < 1.29 is 23.5 Å². The third-order valence-electron chi connectivity index (χ3n) is 7.13. The van der Waals surface area contributed by atoms with E-state index in [1.807, 2.05) is 11.9 Å². The minimum atomic E-state index is -0.815. The Labute approximate surface area is 252 Å². The van der Waals surface area contributed by atoms with Crippen molar-refractivity contribution in [3.8, 4) is 34.0 Å². The number of carbonyl (C=O) groups excluding carboxylic acids is 2. The summed E-state index contributed by atoms with van der Waals surface area (Å²) in [6.45, 7) is 0.782. The number of rotatable bonds is 8. The van der Waals surface area contributed by atoms with Crippen molar-refractivity contribution in [2.75, 3.05) is 26.0 Å². The molecule has 5 rings (SSSR count). The maximum atomic E-state index is 15.4. The molecule has 4 aromatic rings. The summed E-state index contributed by atoms with van der Waals surface area (Å²) in [6.07, 6.45) is 4.60. The lowest BCUT2D eigenvalue weighted by Crippen LogP contribution is -2.44. The number of benzene rings is 2. The minimum absolute atomic E-state index is 0.150. The van der Waals surface area contributed by atoms with Crippen molar-refractivity contribution >= 4 is 47.0 Å². The summed E-state index contributed by atoms with van der Waals surface area (Å²) in [5, 5.41) is 3.56. The number of esters is 1. The first kappa shape index (κ1) is 29.4. The maximum Gasteiger partial charge on any atom is 0.328 e. The van der Waals surface area contributed by atoms with Gasteiger partial charge in [0.1, 0.15) is 6.04 Å². The molecule has 0 radical (unpaired) electrons. The fourth-order valence-electron chi connectivity index (χ4n) is 4.90. The van der Waals surface area contributed by atoms with E-state index in [-0.39, 0.29) is 22.5 Å². The van der Waals surface area contributed by atoms with Crippen LogP contribution >= 0.6 is 23.2 Å². The third kappa shape index (κ3) is 5.94. The number of nitrogens with one attached hydrogen (secondary N) is 1. The number of carbonyl (C=O) groups is 2. The second-order valence-corrected chi connectivity index (χ2v) is 10.5. The number of piperidine rings is 1. The van der Waals surface area contributed by atoms with E-state index < -0.39 is 17.8 Å². The summed E-state index contributed by atoms with van der Waals surface area (Å²) in [5.74, 6) is -1.51. The van der Waals surface area contributed by atoms with E-state index >= 15 is 4.39 Å². The molecule has 11 heteroatoms. The maximum absolute atomic E-state index is 15.4. The number of aldehydes is 1. The van der Waals surface area contributed by atoms with Crippen LogP contribution in [0.15, 0.2) is 60.8 Å². The summed E-state index contributed by atoms with van der Waals surface area (Å²) in [5.41, 5.74) is 2.98. The first-order valence-electron chi connectivity index (χ1n) is 13.2. The fourth-order valence-corrected chi connectivity index (χ4v) is 5.50. The average molecular weight is 609 g/mol. The molecule has 2 aromatic carbocycles. The van der Waals surface area contributed by atoms with Gasteiger partial charge in [-0.25, -0.2) is 14.8 Å². The molecular formula is C31H27Cl2FN4O4. The van der Waals surface area contributed by atoms with Gasteiger partial charge >= 0.3 is 5.97 Å². The van der Waals surface area contributed by atoms with E-state index in [1.165, 1.54) is 19.4 Å². The number of nitrogens with zero attached hydrogens (tertiary/aromatic N) is 3. The Bertz CT molecular complexity index is 1650. The summed E-state index contributed by atoms with van der Waals surface area (Å²) >= 11 is 13.7. The lowest BCUT2D eigenvalue weighted by molar-refractivity contribution is -0.141. The van der Waals surface area contributed by atoms with Crippen LogP contribution in [-0.4, -0.2) is 53.9 Å². The van der Waals surface area contributed by atoms with Gasteiger partial charge in [0.25, 0.3) is 0 Å². The van der Waals surface area contributed by atoms with Crippen molar-refractivity contribution in [2.45, 2.75) is 25.3 Å². The van der Waals surface area contributed by atoms with Crippen LogP contribution in [0.1, 0.15) is 29.6 Å². The van der Waals surface area contributed by atoms with Gasteiger partial charge in [0.15, 0.2) is 17.9 Å². The number of hydrogen-bond donors (Lipinski definition) is 1. The van der Waals surface area contributed by atoms with E-state index in [0.717, 1.165) is 19.4 Å². The van der Waals surface area contributed by atoms with Gasteiger partial charge in [-0.2, -0.15) is 4.39 Å². The molecule has 3 heterocycles. The highest BCUT2D eigenvalue weighted by atomic mass is 35.5. The predicted molar refractivity (Wildman–Crippen MR) is 160 cm³/mol. The zero-order valence-electron chi connectivity index (χ0n) is 22.9. The Morgan fingerprint density at radius 2 is 1.79 bits per heavy atom. The minimum Gasteiger partial charge on any atom is -0.480 e. The summed E-state index contributed by atoms with van der Waals surface area (Å²) in [4.78, 5) is 34.5. The largest absolute Gasteiger partial charge is 0.480 e. The number of pyridine rings is 2. The molecule has 1 aliphatic rings. The number of halogens is 3. The summed E-state index contributed by atoms with van der Waals surface area (Å²) in [6, 6.07) is 14.8. The van der Waals surface area contributed by atoms with Crippen molar-refractivity contribution in [3.05, 3.63) is 82.2 Å². The van der Waals surface area contributed by atoms with Gasteiger partial charge in [0.2, 0.25) is 11.7 Å². The molecule has 1 atom stereocenters. The van der Waals surface area contributed by atoms with E-state index in [4.69, 9.17) is 32.7 Å². The van der Waals surface area contributed by atoms with Crippen LogP contribution in [0.25, 0.3) is 22.4 Å². The van der Waals surface area contributed by atoms with E-state index in [1.54, 1.807) is 48.5 Å². The molecule has 1 unspecified atom stereocenters. The number of anilines is 2. The molecule has 2 aromatic heterocycles. The lowest BCUT2D eigenvalue weighted by Gasteiger charge is -2.30. The van der Waals surface area contributed by atoms with Gasteiger partial charge in [-0.05, 0) is 44.6 Å². The highest BCUT2D eigenvalue weighted by Gasteiger charge is 2.29. The molecule has 1 N–H and O–H groups in total. The van der Waals surface area contributed by atoms with Gasteiger partial charge in [-0.15, -0.1) is 0 Å². The standard InChI is InChI=1S/C31H27Cl2FN4O4/c1-38-16-4-3-11-24(38)31(40)42-25-14-15-35-29(28(25)34)36-23-10-6-8-20(27(23)33)19-7-5-9-21(26(19)32)22-13-12-18(17-39)30(37-22)41-2/h5-10,12-15,17,24H,3-4,11,16H2,1-2H3,(H,35,36). The first-order chi connectivity index (χ1) is 20.3. The molecule has 42 heavy (non-hydrogen) atoms. The number of likely N-dealkylation sites (tertiary alicyclic amines) is 1. The molecule has 0 saturated carbocycles. The topological polar surface area (TPSA) is 93.7 Å². The summed E-state index contributed by atoms with van der Waals surface area (Å²) in [7, 11) is 3.29. The van der Waals surface area contributed by atoms with Crippen LogP contribution in [0, 0.1) is 5.82 Å². The number of likely N-dealkylation sites (N-methyl/N-ethyl adjacent to an activating group) is 1. The monoisotopic (exact) mass is 608 g/mol. The Kier molecular flexibility index (Phi) is 9.01. The predicted octanol–water partition coefficient (Wildman–Crippen LogP) is 7.21. The molecule has 1 aliphatic heterocycles. The van der Waals surface area contributed by atoms with Gasteiger partial charge < -0.3 is 14.8 Å². The zero-order valence-corrected chi connectivity index (χ0v) is 24.4. The average Bonchev–Trinajstić information content (AvgIpc) is 3.00. The molecule has 0 amide bonds. The summed E-state index contributed by atoms with van der Waals surface area (Å²) < 4.78 is 26.1. The molecular weight excluding hydrogens is 582 g/mol. The van der Waals surface area contributed by atoms with Gasteiger partial charge in [-0.1, -0.05) is 60.0 Å². The number of hydrogen-bond acceptors (Lipinski definition) is 8. The van der Waals surface area contributed by atoms with E-state index in [2.05, 4.69) is 15.3 Å². The fraction of sp³-hybridized carbons (Fsp3) is 0.226. The van der Waals surface area contributed by atoms with Crippen LogP contribution in [-0.2, 0) is 4.79 Å². The van der Waals surface area contributed by atoms with Crippen molar-refractivity contribution in [3.63, 3.8) is 0 Å². The molecule has 0 spiro atoms. The normalized spacial score (nSPS) is 15.2. The lowest BCUT2D eigenvalue weighted by atomic mass is 10.00. The number of ether oxygens (including phenoxy) is 2. The second kappa shape index (κ2) is 12.9. The van der Waals surface area contributed by atoms with Gasteiger partial charge in [0.05, 0.1) is 34.1 Å². The van der Waals surface area contributed by atoms with Crippen molar-refractivity contribution in [1.29, 1.82) is 0 Å². The quantitative estimate of drug-likeness (QED) is 0.166. The molecule has 1 fully saturated rings. The first-order valence-corrected chi connectivity index (χ1v) is 14.0. The van der Waals surface area contributed by atoms with Crippen LogP contribution < -0.4 is 14.8 Å². The van der Waals surface area contributed by atoms with Gasteiger partial charge in [-0.3, -0.25) is 9.69 Å². The molecule has 0 aliphatic carbocycles. The Balaban J connectivity index is 1.43. The van der Waals surface area contributed by atoms with Crippen molar-refractivity contribution in [2.24, 2.45) is 0 Å². The van der Waals surface area contributed by atoms with E-state index in [0.29, 0.717) is 51.4 Å². The molecule has 1 saturated heterocycles. The Morgan fingerprint density at radius 3 is 2.52 bits per heavy atom.